The van der Waals surface area contributed by atoms with Crippen LogP contribution in [0.15, 0.2) is 30.3 Å². The molecule has 5 nitrogen and oxygen atoms in total. The number of carbonyl (C=O) groups is 2. The number of carboxylic acid groups (broad SMARTS) is 1. The molecule has 1 aromatic rings. The molecule has 3 rings (SSSR count). The first-order valence-corrected chi connectivity index (χ1v) is 8.48. The van der Waals surface area contributed by atoms with Crippen LogP contribution in [0.1, 0.15) is 25.7 Å². The molecule has 0 aromatic heterocycles. The summed E-state index contributed by atoms with van der Waals surface area (Å²) in [6.45, 7) is 2.97. The Balaban J connectivity index is 1.60. The molecule has 1 aromatic carbocycles. The van der Waals surface area contributed by atoms with E-state index in [9.17, 15) is 14.7 Å². The van der Waals surface area contributed by atoms with Crippen LogP contribution in [0.4, 0.5) is 5.69 Å². The predicted octanol–water partition coefficient (Wildman–Crippen LogP) is 2.23. The van der Waals surface area contributed by atoms with Gasteiger partial charge in [0, 0.05) is 31.9 Å². The Morgan fingerprint density at radius 1 is 0.913 bits per heavy atom. The molecule has 1 aliphatic carbocycles. The zero-order chi connectivity index (χ0) is 16.2. The van der Waals surface area contributed by atoms with Crippen molar-refractivity contribution >= 4 is 17.6 Å². The fraction of sp³-hybridized carbons (Fsp3) is 0.556. The molecule has 23 heavy (non-hydrogen) atoms. The second-order valence-corrected chi connectivity index (χ2v) is 6.48. The SMILES string of the molecule is O=C(O)[C@@H]1CCCC[C@@H]1C(=O)N1CCN(c2ccccc2)CC1. The van der Waals surface area contributed by atoms with Gasteiger partial charge in [0.1, 0.15) is 0 Å². The molecule has 0 radical (unpaired) electrons. The van der Waals surface area contributed by atoms with Gasteiger partial charge in [0.2, 0.25) is 5.91 Å². The number of aliphatic carboxylic acids is 1. The van der Waals surface area contributed by atoms with Gasteiger partial charge >= 0.3 is 5.97 Å². The summed E-state index contributed by atoms with van der Waals surface area (Å²) < 4.78 is 0. The van der Waals surface area contributed by atoms with E-state index in [2.05, 4.69) is 17.0 Å². The topological polar surface area (TPSA) is 60.9 Å². The van der Waals surface area contributed by atoms with E-state index in [0.29, 0.717) is 25.9 Å². The minimum absolute atomic E-state index is 0.0461. The number of rotatable bonds is 3. The van der Waals surface area contributed by atoms with Crippen LogP contribution in [-0.2, 0) is 9.59 Å². The van der Waals surface area contributed by atoms with Crippen LogP contribution < -0.4 is 4.90 Å². The van der Waals surface area contributed by atoms with Gasteiger partial charge in [0.05, 0.1) is 11.8 Å². The number of carboxylic acids is 1. The van der Waals surface area contributed by atoms with Crippen molar-refractivity contribution in [2.45, 2.75) is 25.7 Å². The minimum Gasteiger partial charge on any atom is -0.481 e. The number of carbonyl (C=O) groups excluding carboxylic acids is 1. The highest BCUT2D eigenvalue weighted by Crippen LogP contribution is 2.32. The van der Waals surface area contributed by atoms with E-state index in [0.717, 1.165) is 25.9 Å². The smallest absolute Gasteiger partial charge is 0.307 e. The van der Waals surface area contributed by atoms with E-state index < -0.39 is 11.9 Å². The van der Waals surface area contributed by atoms with Gasteiger partial charge in [-0.25, -0.2) is 0 Å². The molecular formula is C18H24N2O3. The summed E-state index contributed by atoms with van der Waals surface area (Å²) in [4.78, 5) is 28.3. The number of anilines is 1. The highest BCUT2D eigenvalue weighted by molar-refractivity contribution is 5.85. The van der Waals surface area contributed by atoms with Gasteiger partial charge in [-0.15, -0.1) is 0 Å². The van der Waals surface area contributed by atoms with E-state index >= 15 is 0 Å². The van der Waals surface area contributed by atoms with E-state index in [4.69, 9.17) is 0 Å². The average Bonchev–Trinajstić information content (AvgIpc) is 2.62. The summed E-state index contributed by atoms with van der Waals surface area (Å²) in [7, 11) is 0. The quantitative estimate of drug-likeness (QED) is 0.929. The van der Waals surface area contributed by atoms with E-state index in [1.807, 2.05) is 23.1 Å². The maximum atomic E-state index is 12.8. The van der Waals surface area contributed by atoms with Crippen LogP contribution in [0.2, 0.25) is 0 Å². The Kier molecular flexibility index (Phi) is 4.84. The van der Waals surface area contributed by atoms with Crippen molar-refractivity contribution in [3.63, 3.8) is 0 Å². The number of hydrogen-bond donors (Lipinski definition) is 1. The molecular weight excluding hydrogens is 292 g/mol. The first kappa shape index (κ1) is 15.8. The van der Waals surface area contributed by atoms with Crippen LogP contribution in [-0.4, -0.2) is 48.1 Å². The second kappa shape index (κ2) is 7.02. The van der Waals surface area contributed by atoms with Gasteiger partial charge in [-0.05, 0) is 25.0 Å². The van der Waals surface area contributed by atoms with Crippen LogP contribution in [0.25, 0.3) is 0 Å². The molecule has 0 unspecified atom stereocenters. The second-order valence-electron chi connectivity index (χ2n) is 6.48. The van der Waals surface area contributed by atoms with Crippen LogP contribution >= 0.6 is 0 Å². The van der Waals surface area contributed by atoms with E-state index in [1.54, 1.807) is 0 Å². The van der Waals surface area contributed by atoms with Gasteiger partial charge in [-0.2, -0.15) is 0 Å². The molecule has 1 saturated carbocycles. The van der Waals surface area contributed by atoms with Crippen molar-refractivity contribution in [2.75, 3.05) is 31.1 Å². The van der Waals surface area contributed by atoms with Crippen molar-refractivity contribution < 1.29 is 14.7 Å². The zero-order valence-corrected chi connectivity index (χ0v) is 13.4. The zero-order valence-electron chi connectivity index (χ0n) is 13.4. The lowest BCUT2D eigenvalue weighted by atomic mass is 9.78. The lowest BCUT2D eigenvalue weighted by Crippen LogP contribution is -2.52. The molecule has 0 spiro atoms. The van der Waals surface area contributed by atoms with Gasteiger partial charge in [0.15, 0.2) is 0 Å². The van der Waals surface area contributed by atoms with Crippen molar-refractivity contribution in [3.05, 3.63) is 30.3 Å². The lowest BCUT2D eigenvalue weighted by Gasteiger charge is -2.39. The standard InChI is InChI=1S/C18H24N2O3/c21-17(15-8-4-5-9-16(15)18(22)23)20-12-10-19(11-13-20)14-6-2-1-3-7-14/h1-3,6-7,15-16H,4-5,8-13H2,(H,22,23)/t15-,16+/m0/s1. The molecule has 1 aliphatic heterocycles. The normalized spacial score (nSPS) is 25.2. The van der Waals surface area contributed by atoms with E-state index in [1.165, 1.54) is 5.69 Å². The molecule has 1 amide bonds. The third kappa shape index (κ3) is 3.49. The minimum atomic E-state index is -0.814. The molecule has 1 heterocycles. The summed E-state index contributed by atoms with van der Waals surface area (Å²) >= 11 is 0. The number of para-hydroxylation sites is 1. The Hall–Kier alpha value is -2.04. The van der Waals surface area contributed by atoms with Gasteiger partial charge in [-0.3, -0.25) is 9.59 Å². The van der Waals surface area contributed by atoms with Gasteiger partial charge in [0.25, 0.3) is 0 Å². The molecule has 2 aliphatic rings. The highest BCUT2D eigenvalue weighted by Gasteiger charge is 2.38. The molecule has 124 valence electrons. The third-order valence-corrected chi connectivity index (χ3v) is 5.11. The van der Waals surface area contributed by atoms with Crippen LogP contribution in [0.3, 0.4) is 0 Å². The fourth-order valence-electron chi connectivity index (χ4n) is 3.78. The van der Waals surface area contributed by atoms with Gasteiger partial charge < -0.3 is 14.9 Å². The number of amides is 1. The summed E-state index contributed by atoms with van der Waals surface area (Å²) in [5, 5.41) is 9.37. The Morgan fingerprint density at radius 3 is 2.13 bits per heavy atom. The number of benzene rings is 1. The van der Waals surface area contributed by atoms with Gasteiger partial charge in [-0.1, -0.05) is 31.0 Å². The maximum absolute atomic E-state index is 12.8. The van der Waals surface area contributed by atoms with Crippen molar-refractivity contribution in [3.8, 4) is 0 Å². The maximum Gasteiger partial charge on any atom is 0.307 e. The monoisotopic (exact) mass is 316 g/mol. The predicted molar refractivity (Wildman–Crippen MR) is 88.3 cm³/mol. The van der Waals surface area contributed by atoms with Crippen molar-refractivity contribution in [2.24, 2.45) is 11.8 Å². The summed E-state index contributed by atoms with van der Waals surface area (Å²) in [5.74, 6) is -1.59. The fourth-order valence-corrected chi connectivity index (χ4v) is 3.78. The third-order valence-electron chi connectivity index (χ3n) is 5.11. The first-order valence-electron chi connectivity index (χ1n) is 8.48. The number of hydrogen-bond acceptors (Lipinski definition) is 3. The number of nitrogens with zero attached hydrogens (tertiary/aromatic N) is 2. The molecule has 1 saturated heterocycles. The Morgan fingerprint density at radius 2 is 1.52 bits per heavy atom. The first-order chi connectivity index (χ1) is 11.2. The molecule has 2 atom stereocenters. The summed E-state index contributed by atoms with van der Waals surface area (Å²) in [5.41, 5.74) is 1.18. The lowest BCUT2D eigenvalue weighted by molar-refractivity contribution is -0.152. The molecule has 2 fully saturated rings. The van der Waals surface area contributed by atoms with Crippen LogP contribution in [0, 0.1) is 11.8 Å². The Bertz CT molecular complexity index is 553. The van der Waals surface area contributed by atoms with Crippen molar-refractivity contribution in [1.29, 1.82) is 0 Å². The Labute approximate surface area is 136 Å². The summed E-state index contributed by atoms with van der Waals surface area (Å²) in [6.07, 6.45) is 3.23. The summed E-state index contributed by atoms with van der Waals surface area (Å²) in [6, 6.07) is 10.2. The van der Waals surface area contributed by atoms with Crippen LogP contribution in [0.5, 0.6) is 0 Å². The molecule has 0 bridgehead atoms. The largest absolute Gasteiger partial charge is 0.481 e. The number of piperazine rings is 1. The molecule has 1 N–H and O–H groups in total. The highest BCUT2D eigenvalue weighted by atomic mass is 16.4. The van der Waals surface area contributed by atoms with E-state index in [-0.39, 0.29) is 11.8 Å². The molecule has 5 heteroatoms. The van der Waals surface area contributed by atoms with Crippen molar-refractivity contribution in [1.82, 2.24) is 4.90 Å². The average molecular weight is 316 g/mol.